The van der Waals surface area contributed by atoms with Gasteiger partial charge in [-0.2, -0.15) is 0 Å². The lowest BCUT2D eigenvalue weighted by Crippen LogP contribution is -2.39. The molecule has 0 atom stereocenters. The van der Waals surface area contributed by atoms with Crippen molar-refractivity contribution in [1.82, 2.24) is 0 Å². The number of hydrogen-bond donors (Lipinski definition) is 1. The van der Waals surface area contributed by atoms with Crippen molar-refractivity contribution in [2.75, 3.05) is 18.5 Å². The summed E-state index contributed by atoms with van der Waals surface area (Å²) in [5.74, 6) is 0.639. The molecule has 1 aromatic carbocycles. The fourth-order valence-electron chi connectivity index (χ4n) is 3.02. The minimum absolute atomic E-state index is 0.154. The first-order valence-electron chi connectivity index (χ1n) is 6.67. The molecule has 0 aromatic heterocycles. The lowest BCUT2D eigenvalue weighted by atomic mass is 9.75. The molecule has 3 nitrogen and oxygen atoms in total. The van der Waals surface area contributed by atoms with Gasteiger partial charge in [-0.3, -0.25) is 4.79 Å². The van der Waals surface area contributed by atoms with Gasteiger partial charge in [0.05, 0.1) is 5.41 Å². The van der Waals surface area contributed by atoms with Crippen molar-refractivity contribution in [3.05, 3.63) is 29.3 Å². The summed E-state index contributed by atoms with van der Waals surface area (Å²) in [5.41, 5.74) is 3.12. The quantitative estimate of drug-likeness (QED) is 0.826. The summed E-state index contributed by atoms with van der Waals surface area (Å²) in [6, 6.07) is 6.41. The molecular weight excluding hydrogens is 226 g/mol. The van der Waals surface area contributed by atoms with Gasteiger partial charge < -0.3 is 10.1 Å². The van der Waals surface area contributed by atoms with Crippen molar-refractivity contribution < 1.29 is 9.53 Å². The van der Waals surface area contributed by atoms with Crippen molar-refractivity contribution in [3.63, 3.8) is 0 Å². The van der Waals surface area contributed by atoms with Crippen molar-refractivity contribution in [2.45, 2.75) is 38.0 Å². The Balaban J connectivity index is 2.05. The highest BCUT2D eigenvalue weighted by atomic mass is 16.5. The van der Waals surface area contributed by atoms with E-state index in [2.05, 4.69) is 37.4 Å². The molecule has 3 heteroatoms. The monoisotopic (exact) mass is 245 g/mol. The van der Waals surface area contributed by atoms with Crippen LogP contribution < -0.4 is 5.32 Å². The second-order valence-corrected chi connectivity index (χ2v) is 5.61. The highest BCUT2D eigenvalue weighted by Crippen LogP contribution is 2.45. The minimum atomic E-state index is -0.330. The van der Waals surface area contributed by atoms with E-state index < -0.39 is 0 Å². The number of amides is 1. The average molecular weight is 245 g/mol. The zero-order valence-electron chi connectivity index (χ0n) is 11.0. The zero-order chi connectivity index (χ0) is 12.8. The van der Waals surface area contributed by atoms with Crippen molar-refractivity contribution >= 4 is 11.6 Å². The van der Waals surface area contributed by atoms with Crippen LogP contribution in [0.2, 0.25) is 0 Å². The molecule has 3 rings (SSSR count). The maximum Gasteiger partial charge on any atom is 0.235 e. The van der Waals surface area contributed by atoms with Gasteiger partial charge in [-0.1, -0.05) is 26.0 Å². The second-order valence-electron chi connectivity index (χ2n) is 5.61. The van der Waals surface area contributed by atoms with Crippen LogP contribution in [0.15, 0.2) is 18.2 Å². The number of carbonyl (C=O) groups excluding carboxylic acids is 1. The Kier molecular flexibility index (Phi) is 2.67. The van der Waals surface area contributed by atoms with Crippen LogP contribution in [0.25, 0.3) is 0 Å². The number of hydrogen-bond acceptors (Lipinski definition) is 2. The fraction of sp³-hybridized carbons (Fsp3) is 0.533. The molecule has 2 aliphatic rings. The van der Waals surface area contributed by atoms with Crippen LogP contribution in [0.4, 0.5) is 5.69 Å². The van der Waals surface area contributed by atoms with Crippen LogP contribution in [-0.2, 0) is 14.9 Å². The van der Waals surface area contributed by atoms with Crippen LogP contribution in [0, 0.1) is 0 Å². The maximum absolute atomic E-state index is 12.3. The van der Waals surface area contributed by atoms with Gasteiger partial charge in [0.15, 0.2) is 0 Å². The molecule has 96 valence electrons. The molecular formula is C15H19NO2. The maximum atomic E-state index is 12.3. The Labute approximate surface area is 108 Å². The van der Waals surface area contributed by atoms with Gasteiger partial charge in [0.1, 0.15) is 0 Å². The Bertz CT molecular complexity index is 487. The van der Waals surface area contributed by atoms with Crippen molar-refractivity contribution in [1.29, 1.82) is 0 Å². The lowest BCUT2D eigenvalue weighted by Gasteiger charge is -2.31. The van der Waals surface area contributed by atoms with E-state index in [1.54, 1.807) is 0 Å². The molecule has 0 saturated carbocycles. The number of carbonyl (C=O) groups is 1. The molecule has 1 N–H and O–H groups in total. The lowest BCUT2D eigenvalue weighted by molar-refractivity contribution is -0.124. The summed E-state index contributed by atoms with van der Waals surface area (Å²) in [6.45, 7) is 5.70. The SMILES string of the molecule is CC(C)c1ccc2c(c1)NC(=O)C21CCOCC1. The molecule has 18 heavy (non-hydrogen) atoms. The summed E-state index contributed by atoms with van der Waals surface area (Å²) >= 11 is 0. The van der Waals surface area contributed by atoms with Gasteiger partial charge in [0.25, 0.3) is 0 Å². The van der Waals surface area contributed by atoms with Gasteiger partial charge in [-0.05, 0) is 36.0 Å². The van der Waals surface area contributed by atoms with E-state index in [9.17, 15) is 4.79 Å². The number of nitrogens with one attached hydrogen (secondary N) is 1. The van der Waals surface area contributed by atoms with E-state index in [0.29, 0.717) is 19.1 Å². The molecule has 1 aromatic rings. The molecule has 0 bridgehead atoms. The van der Waals surface area contributed by atoms with E-state index in [4.69, 9.17) is 4.74 Å². The summed E-state index contributed by atoms with van der Waals surface area (Å²) in [7, 11) is 0. The summed E-state index contributed by atoms with van der Waals surface area (Å²) < 4.78 is 5.40. The first-order chi connectivity index (χ1) is 8.63. The number of anilines is 1. The number of ether oxygens (including phenoxy) is 1. The molecule has 0 unspecified atom stereocenters. The molecule has 1 fully saturated rings. The van der Waals surface area contributed by atoms with Gasteiger partial charge >= 0.3 is 0 Å². The minimum Gasteiger partial charge on any atom is -0.381 e. The fourth-order valence-corrected chi connectivity index (χ4v) is 3.02. The molecule has 0 aliphatic carbocycles. The highest BCUT2D eigenvalue weighted by molar-refractivity contribution is 6.06. The van der Waals surface area contributed by atoms with Crippen LogP contribution in [-0.4, -0.2) is 19.1 Å². The molecule has 2 aliphatic heterocycles. The number of fused-ring (bicyclic) bond motifs is 2. The predicted molar refractivity (Wildman–Crippen MR) is 70.9 cm³/mol. The standard InChI is InChI=1S/C15H19NO2/c1-10(2)11-3-4-12-13(9-11)16-14(17)15(12)5-7-18-8-6-15/h3-4,9-10H,5-8H2,1-2H3,(H,16,17). The van der Waals surface area contributed by atoms with Gasteiger partial charge in [-0.15, -0.1) is 0 Å². The van der Waals surface area contributed by atoms with E-state index in [1.165, 1.54) is 11.1 Å². The van der Waals surface area contributed by atoms with Crippen LogP contribution in [0.5, 0.6) is 0 Å². The van der Waals surface area contributed by atoms with Crippen LogP contribution in [0.3, 0.4) is 0 Å². The second kappa shape index (κ2) is 4.09. The third-order valence-electron chi connectivity index (χ3n) is 4.26. The largest absolute Gasteiger partial charge is 0.381 e. The summed E-state index contributed by atoms with van der Waals surface area (Å²) in [4.78, 5) is 12.3. The number of rotatable bonds is 1. The van der Waals surface area contributed by atoms with Gasteiger partial charge in [-0.25, -0.2) is 0 Å². The Morgan fingerprint density at radius 3 is 2.67 bits per heavy atom. The first kappa shape index (κ1) is 11.7. The molecule has 1 spiro atoms. The third-order valence-corrected chi connectivity index (χ3v) is 4.26. The summed E-state index contributed by atoms with van der Waals surface area (Å²) in [6.07, 6.45) is 1.60. The normalized spacial score (nSPS) is 21.2. The highest BCUT2D eigenvalue weighted by Gasteiger charge is 2.47. The molecule has 2 heterocycles. The van der Waals surface area contributed by atoms with Crippen LogP contribution >= 0.6 is 0 Å². The van der Waals surface area contributed by atoms with E-state index in [-0.39, 0.29) is 11.3 Å². The number of benzene rings is 1. The summed E-state index contributed by atoms with van der Waals surface area (Å²) in [5, 5.41) is 3.06. The van der Waals surface area contributed by atoms with Crippen molar-refractivity contribution in [2.24, 2.45) is 0 Å². The topological polar surface area (TPSA) is 38.3 Å². The molecule has 0 radical (unpaired) electrons. The van der Waals surface area contributed by atoms with E-state index in [0.717, 1.165) is 18.5 Å². The molecule has 1 amide bonds. The molecule has 1 saturated heterocycles. The van der Waals surface area contributed by atoms with E-state index >= 15 is 0 Å². The first-order valence-corrected chi connectivity index (χ1v) is 6.67. The Morgan fingerprint density at radius 2 is 2.00 bits per heavy atom. The van der Waals surface area contributed by atoms with Gasteiger partial charge in [0.2, 0.25) is 5.91 Å². The van der Waals surface area contributed by atoms with E-state index in [1.807, 2.05) is 0 Å². The third kappa shape index (κ3) is 1.57. The van der Waals surface area contributed by atoms with Crippen LogP contribution in [0.1, 0.15) is 43.7 Å². The zero-order valence-corrected chi connectivity index (χ0v) is 11.0. The van der Waals surface area contributed by atoms with Crippen molar-refractivity contribution in [3.8, 4) is 0 Å². The Morgan fingerprint density at radius 1 is 1.28 bits per heavy atom. The predicted octanol–water partition coefficient (Wildman–Crippen LogP) is 2.81. The smallest absolute Gasteiger partial charge is 0.235 e. The van der Waals surface area contributed by atoms with Gasteiger partial charge in [0, 0.05) is 18.9 Å². The Hall–Kier alpha value is -1.35. The average Bonchev–Trinajstić information content (AvgIpc) is 2.63.